The first-order valence-corrected chi connectivity index (χ1v) is 5.10. The second-order valence-electron chi connectivity index (χ2n) is 3.17. The molecule has 0 heterocycles. The molecule has 0 unspecified atom stereocenters. The molecule has 0 fully saturated rings. The Morgan fingerprint density at radius 2 is 1.74 bits per heavy atom. The molecule has 2 N–H and O–H groups in total. The number of alkyl halides is 3. The molecule has 0 atom stereocenters. The van der Waals surface area contributed by atoms with Crippen molar-refractivity contribution >= 4 is 40.8 Å². The molecule has 0 aliphatic heterocycles. The number of carbonyl (C=O) groups excluding carboxylic acids is 1. The van der Waals surface area contributed by atoms with Gasteiger partial charge < -0.3 is 10.4 Å². The summed E-state index contributed by atoms with van der Waals surface area (Å²) in [4.78, 5) is 21.4. The summed E-state index contributed by atoms with van der Waals surface area (Å²) < 4.78 is 49.4. The number of halogens is 6. The van der Waals surface area contributed by atoms with Crippen LogP contribution in [0.1, 0.15) is 10.4 Å². The van der Waals surface area contributed by atoms with Crippen molar-refractivity contribution in [3.8, 4) is 0 Å². The first-order valence-electron chi connectivity index (χ1n) is 4.34. The summed E-state index contributed by atoms with van der Waals surface area (Å²) in [5.41, 5.74) is -1.79. The molecule has 10 heteroatoms. The van der Waals surface area contributed by atoms with Crippen molar-refractivity contribution in [3.63, 3.8) is 0 Å². The second-order valence-corrected chi connectivity index (χ2v) is 3.92. The van der Waals surface area contributed by atoms with Crippen LogP contribution in [0, 0.1) is 5.82 Å². The van der Waals surface area contributed by atoms with Gasteiger partial charge in [-0.25, -0.2) is 9.18 Å². The lowest BCUT2D eigenvalue weighted by Gasteiger charge is -2.13. The Bertz CT molecular complexity index is 559. The van der Waals surface area contributed by atoms with Crippen molar-refractivity contribution in [2.45, 2.75) is 6.18 Å². The Labute approximate surface area is 112 Å². The minimum Gasteiger partial charge on any atom is -0.478 e. The van der Waals surface area contributed by atoms with Crippen molar-refractivity contribution in [3.05, 3.63) is 27.5 Å². The molecule has 0 aromatic heterocycles. The molecule has 4 nitrogen and oxygen atoms in total. The van der Waals surface area contributed by atoms with Crippen LogP contribution in [-0.4, -0.2) is 23.2 Å². The van der Waals surface area contributed by atoms with E-state index in [0.717, 1.165) is 0 Å². The van der Waals surface area contributed by atoms with E-state index in [1.807, 2.05) is 0 Å². The van der Waals surface area contributed by atoms with E-state index < -0.39 is 45.2 Å². The van der Waals surface area contributed by atoms with Crippen molar-refractivity contribution in [2.75, 3.05) is 5.32 Å². The molecular formula is C9H3Cl2F4NO3. The maximum atomic E-state index is 13.2. The first kappa shape index (κ1) is 15.5. The average molecular weight is 320 g/mol. The van der Waals surface area contributed by atoms with Crippen molar-refractivity contribution in [2.24, 2.45) is 0 Å². The van der Waals surface area contributed by atoms with Gasteiger partial charge in [-0.2, -0.15) is 13.2 Å². The lowest BCUT2D eigenvalue weighted by molar-refractivity contribution is -0.167. The van der Waals surface area contributed by atoms with Gasteiger partial charge >= 0.3 is 18.1 Å². The van der Waals surface area contributed by atoms with Crippen molar-refractivity contribution in [1.29, 1.82) is 0 Å². The first-order chi connectivity index (χ1) is 8.55. The van der Waals surface area contributed by atoms with Gasteiger partial charge in [0.25, 0.3) is 0 Å². The molecule has 104 valence electrons. The van der Waals surface area contributed by atoms with Gasteiger partial charge in [-0.3, -0.25) is 4.79 Å². The van der Waals surface area contributed by atoms with Crippen LogP contribution in [0.25, 0.3) is 0 Å². The molecule has 0 saturated carbocycles. The number of hydrogen-bond donors (Lipinski definition) is 2. The van der Waals surface area contributed by atoms with E-state index in [9.17, 15) is 27.2 Å². The summed E-state index contributed by atoms with van der Waals surface area (Å²) in [5, 5.41) is 8.16. The topological polar surface area (TPSA) is 66.4 Å². The lowest BCUT2D eigenvalue weighted by atomic mass is 10.2. The summed E-state index contributed by atoms with van der Waals surface area (Å²) >= 11 is 10.8. The fourth-order valence-corrected chi connectivity index (χ4v) is 1.58. The smallest absolute Gasteiger partial charge is 0.471 e. The number of rotatable bonds is 2. The molecular weight excluding hydrogens is 317 g/mol. The number of nitrogens with one attached hydrogen (secondary N) is 1. The predicted molar refractivity (Wildman–Crippen MR) is 58.1 cm³/mol. The van der Waals surface area contributed by atoms with Gasteiger partial charge in [0.1, 0.15) is 10.8 Å². The Balaban J connectivity index is 3.35. The third-order valence-electron chi connectivity index (χ3n) is 1.88. The highest BCUT2D eigenvalue weighted by molar-refractivity contribution is 6.41. The van der Waals surface area contributed by atoms with E-state index in [0.29, 0.717) is 6.07 Å². The average Bonchev–Trinajstić information content (AvgIpc) is 2.27. The normalized spacial score (nSPS) is 11.3. The molecule has 0 aliphatic carbocycles. The monoisotopic (exact) mass is 319 g/mol. The molecule has 0 aliphatic rings. The standard InChI is InChI=1S/C9H3Cl2F4NO3/c10-4-2(7(17)18)1-3(12)5(11)6(4)16-8(19)9(13,14)15/h1H,(H,16,19)(H,17,18). The van der Waals surface area contributed by atoms with Gasteiger partial charge in [0.15, 0.2) is 0 Å². The van der Waals surface area contributed by atoms with Crippen LogP contribution < -0.4 is 5.32 Å². The Hall–Kier alpha value is -1.54. The number of hydrogen-bond acceptors (Lipinski definition) is 2. The molecule has 0 bridgehead atoms. The number of benzene rings is 1. The zero-order valence-corrected chi connectivity index (χ0v) is 10.1. The largest absolute Gasteiger partial charge is 0.478 e. The number of carboxylic acids is 1. The summed E-state index contributed by atoms with van der Waals surface area (Å²) in [6.07, 6.45) is -5.26. The highest BCUT2D eigenvalue weighted by atomic mass is 35.5. The number of amides is 1. The SMILES string of the molecule is O=C(O)c1cc(F)c(Cl)c(NC(=O)C(F)(F)F)c1Cl. The Morgan fingerprint density at radius 3 is 2.16 bits per heavy atom. The Morgan fingerprint density at radius 1 is 1.21 bits per heavy atom. The summed E-state index contributed by atoms with van der Waals surface area (Å²) in [7, 11) is 0. The highest BCUT2D eigenvalue weighted by Gasteiger charge is 2.39. The van der Waals surface area contributed by atoms with E-state index in [1.165, 1.54) is 5.32 Å². The van der Waals surface area contributed by atoms with Gasteiger partial charge in [-0.15, -0.1) is 0 Å². The summed E-state index contributed by atoms with van der Waals surface area (Å²) in [6, 6.07) is 0.427. The maximum absolute atomic E-state index is 13.2. The minimum absolute atomic E-state index is 0.427. The summed E-state index contributed by atoms with van der Waals surface area (Å²) in [5.74, 6) is -5.48. The number of carbonyl (C=O) groups is 2. The molecule has 1 aromatic carbocycles. The number of anilines is 1. The van der Waals surface area contributed by atoms with Gasteiger partial charge in [-0.1, -0.05) is 23.2 Å². The van der Waals surface area contributed by atoms with Gasteiger partial charge in [0.2, 0.25) is 0 Å². The molecule has 1 amide bonds. The van der Waals surface area contributed by atoms with Gasteiger partial charge in [0.05, 0.1) is 16.3 Å². The van der Waals surface area contributed by atoms with Gasteiger partial charge in [0, 0.05) is 0 Å². The Kier molecular flexibility index (Phi) is 4.26. The molecule has 0 saturated heterocycles. The van der Waals surface area contributed by atoms with Crippen LogP contribution in [0.15, 0.2) is 6.07 Å². The molecule has 0 spiro atoms. The van der Waals surface area contributed by atoms with Crippen LogP contribution in [-0.2, 0) is 4.79 Å². The van der Waals surface area contributed by atoms with Crippen LogP contribution >= 0.6 is 23.2 Å². The van der Waals surface area contributed by atoms with E-state index in [2.05, 4.69) is 0 Å². The number of carboxylic acid groups (broad SMARTS) is 1. The quantitative estimate of drug-likeness (QED) is 0.649. The van der Waals surface area contributed by atoms with Crippen molar-refractivity contribution < 1.29 is 32.3 Å². The maximum Gasteiger partial charge on any atom is 0.471 e. The molecule has 1 aromatic rings. The van der Waals surface area contributed by atoms with Gasteiger partial charge in [-0.05, 0) is 6.07 Å². The predicted octanol–water partition coefficient (Wildman–Crippen LogP) is 3.33. The van der Waals surface area contributed by atoms with E-state index >= 15 is 0 Å². The minimum atomic E-state index is -5.26. The second kappa shape index (κ2) is 5.22. The van der Waals surface area contributed by atoms with E-state index in [1.54, 1.807) is 0 Å². The highest BCUT2D eigenvalue weighted by Crippen LogP contribution is 2.36. The third kappa shape index (κ3) is 3.27. The molecule has 1 rings (SSSR count). The van der Waals surface area contributed by atoms with Crippen molar-refractivity contribution in [1.82, 2.24) is 0 Å². The van der Waals surface area contributed by atoms with Crippen LogP contribution in [0.4, 0.5) is 23.2 Å². The fraction of sp³-hybridized carbons (Fsp3) is 0.111. The van der Waals surface area contributed by atoms with E-state index in [-0.39, 0.29) is 0 Å². The molecule has 0 radical (unpaired) electrons. The zero-order chi connectivity index (χ0) is 15.0. The zero-order valence-electron chi connectivity index (χ0n) is 8.61. The van der Waals surface area contributed by atoms with E-state index in [4.69, 9.17) is 28.3 Å². The lowest BCUT2D eigenvalue weighted by Crippen LogP contribution is -2.30. The van der Waals surface area contributed by atoms with Crippen LogP contribution in [0.2, 0.25) is 10.0 Å². The third-order valence-corrected chi connectivity index (χ3v) is 2.64. The fourth-order valence-electron chi connectivity index (χ4n) is 1.05. The number of aromatic carboxylic acids is 1. The van der Waals surface area contributed by atoms with Crippen LogP contribution in [0.3, 0.4) is 0 Å². The molecule has 19 heavy (non-hydrogen) atoms. The van der Waals surface area contributed by atoms with Crippen LogP contribution in [0.5, 0.6) is 0 Å². The summed E-state index contributed by atoms with van der Waals surface area (Å²) in [6.45, 7) is 0.